The molecule has 2 N–H and O–H groups in total. The molecule has 3 heterocycles. The fourth-order valence-corrected chi connectivity index (χ4v) is 5.73. The molecule has 0 radical (unpaired) electrons. The second-order valence-corrected chi connectivity index (χ2v) is 9.16. The number of H-pyrrole nitrogens is 1. The molecule has 3 aromatic rings. The highest BCUT2D eigenvalue weighted by Crippen LogP contribution is 2.49. The average molecular weight is 482 g/mol. The van der Waals surface area contributed by atoms with E-state index in [2.05, 4.69) is 21.1 Å². The van der Waals surface area contributed by atoms with Crippen LogP contribution in [-0.2, 0) is 22.1 Å². The number of terminal acetylenes is 1. The number of aromatic amines is 1. The van der Waals surface area contributed by atoms with E-state index in [0.717, 1.165) is 39.9 Å². The number of methoxy groups -OCH3 is 1. The second kappa shape index (κ2) is 9.06. The lowest BCUT2D eigenvalue weighted by molar-refractivity contribution is -0.152. The van der Waals surface area contributed by atoms with Gasteiger partial charge in [0.25, 0.3) is 0 Å². The van der Waals surface area contributed by atoms with Gasteiger partial charge in [0.15, 0.2) is 0 Å². The first kappa shape index (κ1) is 23.5. The number of hydrogen-bond donors (Lipinski definition) is 2. The lowest BCUT2D eigenvalue weighted by Gasteiger charge is -2.50. The summed E-state index contributed by atoms with van der Waals surface area (Å²) in [7, 11) is 1.37. The molecule has 8 heteroatoms. The van der Waals surface area contributed by atoms with Crippen LogP contribution < -0.4 is 5.32 Å². The van der Waals surface area contributed by atoms with Crippen molar-refractivity contribution < 1.29 is 22.7 Å². The molecule has 5 rings (SSSR count). The van der Waals surface area contributed by atoms with Crippen LogP contribution in [0.15, 0.2) is 48.5 Å². The monoisotopic (exact) mass is 481 g/mol. The van der Waals surface area contributed by atoms with Crippen molar-refractivity contribution in [3.8, 4) is 12.3 Å². The highest BCUT2D eigenvalue weighted by Gasteiger charge is 2.48. The van der Waals surface area contributed by atoms with E-state index < -0.39 is 17.8 Å². The van der Waals surface area contributed by atoms with Gasteiger partial charge in [0, 0.05) is 35.1 Å². The fourth-order valence-electron chi connectivity index (χ4n) is 5.73. The number of benzene rings is 2. The summed E-state index contributed by atoms with van der Waals surface area (Å²) in [5.74, 6) is 2.26. The molecule has 0 saturated carbocycles. The molecule has 0 spiro atoms. The summed E-state index contributed by atoms with van der Waals surface area (Å²) in [5.41, 5.74) is 3.14. The first-order valence-electron chi connectivity index (χ1n) is 11.6. The van der Waals surface area contributed by atoms with Crippen molar-refractivity contribution in [1.29, 1.82) is 0 Å². The number of halogens is 3. The van der Waals surface area contributed by atoms with E-state index in [9.17, 15) is 18.0 Å². The molecular formula is C27H26F3N3O2. The smallest absolute Gasteiger partial charge is 0.416 e. The van der Waals surface area contributed by atoms with Gasteiger partial charge >= 0.3 is 12.1 Å². The van der Waals surface area contributed by atoms with Crippen LogP contribution in [-0.4, -0.2) is 41.6 Å². The van der Waals surface area contributed by atoms with E-state index in [-0.39, 0.29) is 24.1 Å². The van der Waals surface area contributed by atoms with Crippen molar-refractivity contribution in [2.24, 2.45) is 0 Å². The van der Waals surface area contributed by atoms with E-state index in [1.165, 1.54) is 19.2 Å². The molecule has 0 aliphatic carbocycles. The Morgan fingerprint density at radius 3 is 2.57 bits per heavy atom. The van der Waals surface area contributed by atoms with Gasteiger partial charge in [0.2, 0.25) is 0 Å². The van der Waals surface area contributed by atoms with Gasteiger partial charge in [-0.25, -0.2) is 0 Å². The maximum Gasteiger partial charge on any atom is 0.416 e. The molecule has 35 heavy (non-hydrogen) atoms. The SMILES string of the molecule is C#CCN[C@@H]1C[C@@H]2c3[nH]c4ccccc4c3C[C@@H](C(=O)OC)N2[C@H](c2ccc(C(F)(F)F)cc2)C1. The van der Waals surface area contributed by atoms with Crippen molar-refractivity contribution >= 4 is 16.9 Å². The zero-order valence-corrected chi connectivity index (χ0v) is 19.2. The van der Waals surface area contributed by atoms with Crippen LogP contribution in [0, 0.1) is 12.3 Å². The third-order valence-electron chi connectivity index (χ3n) is 7.26. The van der Waals surface area contributed by atoms with E-state index in [4.69, 9.17) is 11.2 Å². The number of fused-ring (bicyclic) bond motifs is 5. The Balaban J connectivity index is 1.62. The highest BCUT2D eigenvalue weighted by molar-refractivity contribution is 5.87. The van der Waals surface area contributed by atoms with Crippen molar-refractivity contribution in [3.63, 3.8) is 0 Å². The molecule has 2 aliphatic rings. The van der Waals surface area contributed by atoms with Crippen LogP contribution in [0.5, 0.6) is 0 Å². The third-order valence-corrected chi connectivity index (χ3v) is 7.26. The molecule has 5 nitrogen and oxygen atoms in total. The van der Waals surface area contributed by atoms with Crippen molar-refractivity contribution in [3.05, 3.63) is 70.9 Å². The molecule has 0 unspecified atom stereocenters. The minimum Gasteiger partial charge on any atom is -0.468 e. The number of nitrogens with one attached hydrogen (secondary N) is 2. The van der Waals surface area contributed by atoms with Gasteiger partial charge in [-0.05, 0) is 42.2 Å². The van der Waals surface area contributed by atoms with Crippen molar-refractivity contribution in [2.75, 3.05) is 13.7 Å². The lowest BCUT2D eigenvalue weighted by atomic mass is 9.79. The van der Waals surface area contributed by atoms with Gasteiger partial charge < -0.3 is 15.0 Å². The summed E-state index contributed by atoms with van der Waals surface area (Å²) in [4.78, 5) is 18.7. The molecule has 0 amide bonds. The molecule has 2 aliphatic heterocycles. The molecule has 1 saturated heterocycles. The lowest BCUT2D eigenvalue weighted by Crippen LogP contribution is -2.55. The summed E-state index contributed by atoms with van der Waals surface area (Å²) in [6.07, 6.45) is 2.84. The average Bonchev–Trinajstić information content (AvgIpc) is 3.24. The Bertz CT molecular complexity index is 1280. The summed E-state index contributed by atoms with van der Waals surface area (Å²) in [5, 5.41) is 4.46. The quantitative estimate of drug-likeness (QED) is 0.417. The Kier molecular flexibility index (Phi) is 6.07. The second-order valence-electron chi connectivity index (χ2n) is 9.16. The number of carbonyl (C=O) groups is 1. The molecule has 0 bridgehead atoms. The normalized spacial score (nSPS) is 24.4. The van der Waals surface area contributed by atoms with Crippen LogP contribution in [0.4, 0.5) is 13.2 Å². The third kappa shape index (κ3) is 4.19. The van der Waals surface area contributed by atoms with Gasteiger partial charge in [0.1, 0.15) is 6.04 Å². The van der Waals surface area contributed by atoms with Gasteiger partial charge in [-0.2, -0.15) is 13.2 Å². The predicted octanol–water partition coefficient (Wildman–Crippen LogP) is 4.75. The molecule has 4 atom stereocenters. The first-order chi connectivity index (χ1) is 16.8. The number of nitrogens with zero attached hydrogens (tertiary/aromatic N) is 1. The van der Waals surface area contributed by atoms with Crippen LogP contribution in [0.25, 0.3) is 10.9 Å². The van der Waals surface area contributed by atoms with Crippen LogP contribution in [0.3, 0.4) is 0 Å². The minimum absolute atomic E-state index is 0.0234. The van der Waals surface area contributed by atoms with Crippen molar-refractivity contribution in [2.45, 2.75) is 49.6 Å². The highest BCUT2D eigenvalue weighted by atomic mass is 19.4. The Labute approximate surface area is 201 Å². The van der Waals surface area contributed by atoms with Gasteiger partial charge in [-0.1, -0.05) is 36.3 Å². The Morgan fingerprint density at radius 1 is 1.17 bits per heavy atom. The van der Waals surface area contributed by atoms with E-state index in [0.29, 0.717) is 25.8 Å². The van der Waals surface area contributed by atoms with Crippen LogP contribution >= 0.6 is 0 Å². The number of aromatic nitrogens is 1. The van der Waals surface area contributed by atoms with E-state index in [1.54, 1.807) is 0 Å². The summed E-state index contributed by atoms with van der Waals surface area (Å²) in [6.45, 7) is 0.386. The Morgan fingerprint density at radius 2 is 1.89 bits per heavy atom. The molecule has 2 aromatic carbocycles. The van der Waals surface area contributed by atoms with Gasteiger partial charge in [-0.15, -0.1) is 6.42 Å². The minimum atomic E-state index is -4.41. The number of piperidine rings is 1. The topological polar surface area (TPSA) is 57.4 Å². The van der Waals surface area contributed by atoms with Gasteiger partial charge in [-0.3, -0.25) is 9.69 Å². The number of carbonyl (C=O) groups excluding carboxylic acids is 1. The fraction of sp³-hybridized carbons (Fsp3) is 0.370. The maximum absolute atomic E-state index is 13.2. The summed E-state index contributed by atoms with van der Waals surface area (Å²) < 4.78 is 44.8. The maximum atomic E-state index is 13.2. The number of esters is 1. The van der Waals surface area contributed by atoms with E-state index in [1.807, 2.05) is 24.3 Å². The number of hydrogen-bond acceptors (Lipinski definition) is 4. The van der Waals surface area contributed by atoms with Gasteiger partial charge in [0.05, 0.1) is 25.3 Å². The van der Waals surface area contributed by atoms with Crippen molar-refractivity contribution in [1.82, 2.24) is 15.2 Å². The molecule has 1 aromatic heterocycles. The molecular weight excluding hydrogens is 455 g/mol. The number of para-hydroxylation sites is 1. The zero-order valence-electron chi connectivity index (χ0n) is 19.2. The predicted molar refractivity (Wildman–Crippen MR) is 126 cm³/mol. The largest absolute Gasteiger partial charge is 0.468 e. The van der Waals surface area contributed by atoms with Crippen LogP contribution in [0.2, 0.25) is 0 Å². The summed E-state index contributed by atoms with van der Waals surface area (Å²) >= 11 is 0. The summed E-state index contributed by atoms with van der Waals surface area (Å²) in [6, 6.07) is 12.2. The van der Waals surface area contributed by atoms with E-state index >= 15 is 0 Å². The zero-order chi connectivity index (χ0) is 24.7. The number of ether oxygens (including phenoxy) is 1. The molecule has 182 valence electrons. The standard InChI is InChI=1S/C27H26F3N3O2/c1-3-12-31-18-13-22(16-8-10-17(11-9-16)27(28,29)30)33-23(14-18)25-20(15-24(33)26(34)35-2)19-6-4-5-7-21(19)32-25/h1,4-11,18,22-24,31-32H,12-15H2,2H3/t18-,22-,23+,24-/m0/s1. The Hall–Kier alpha value is -3.28. The number of rotatable bonds is 4. The molecule has 1 fully saturated rings. The number of alkyl halides is 3. The van der Waals surface area contributed by atoms with Crippen LogP contribution in [0.1, 0.15) is 47.3 Å². The first-order valence-corrected chi connectivity index (χ1v) is 11.6.